The topological polar surface area (TPSA) is 64.5 Å². The molecule has 5 heteroatoms. The number of hydrogen-bond acceptors (Lipinski definition) is 4. The number of ether oxygens (including phenoxy) is 3. The van der Waals surface area contributed by atoms with E-state index in [-0.39, 0.29) is 0 Å². The number of aliphatic hydroxyl groups is 1. The summed E-state index contributed by atoms with van der Waals surface area (Å²) in [5.74, 6) is 2.05. The van der Waals surface area contributed by atoms with Gasteiger partial charge in [-0.25, -0.2) is 0 Å². The predicted octanol–water partition coefficient (Wildman–Crippen LogP) is 1.51. The second-order valence-electron chi connectivity index (χ2n) is 5.17. The van der Waals surface area contributed by atoms with Crippen molar-refractivity contribution in [3.63, 3.8) is 0 Å². The summed E-state index contributed by atoms with van der Waals surface area (Å²) in [5.41, 5.74) is 1.91. The highest BCUT2D eigenvalue weighted by Gasteiger charge is 2.14. The Morgan fingerprint density at radius 1 is 0.913 bits per heavy atom. The average Bonchev–Trinajstić information content (AvgIpc) is 2.61. The monoisotopic (exact) mass is 318 g/mol. The van der Waals surface area contributed by atoms with Gasteiger partial charge in [0.15, 0.2) is 11.5 Å². The zero-order chi connectivity index (χ0) is 16.7. The van der Waals surface area contributed by atoms with E-state index in [0.29, 0.717) is 24.6 Å². The molecule has 0 aliphatic heterocycles. The lowest BCUT2D eigenvalue weighted by Crippen LogP contribution is -2.83. The van der Waals surface area contributed by atoms with Crippen LogP contribution in [0.25, 0.3) is 0 Å². The maximum atomic E-state index is 10.2. The normalized spacial score (nSPS) is 11.8. The van der Waals surface area contributed by atoms with Gasteiger partial charge in [0.2, 0.25) is 0 Å². The lowest BCUT2D eigenvalue weighted by molar-refractivity contribution is -0.677. The fourth-order valence-corrected chi connectivity index (χ4v) is 2.46. The van der Waals surface area contributed by atoms with E-state index >= 15 is 0 Å². The molecule has 5 nitrogen and oxygen atoms in total. The third-order valence-corrected chi connectivity index (χ3v) is 3.73. The maximum Gasteiger partial charge on any atom is 0.164 e. The molecule has 0 unspecified atom stereocenters. The summed E-state index contributed by atoms with van der Waals surface area (Å²) in [7, 11) is 4.83. The van der Waals surface area contributed by atoms with E-state index in [1.165, 1.54) is 0 Å². The molecule has 2 aromatic carbocycles. The largest absolute Gasteiger partial charge is 0.496 e. The summed E-state index contributed by atoms with van der Waals surface area (Å²) in [4.78, 5) is 0. The molecule has 0 fully saturated rings. The number of methoxy groups -OCH3 is 3. The molecular formula is C18H24NO4+. The Kier molecular flexibility index (Phi) is 6.26. The fraction of sp³-hybridized carbons (Fsp3) is 0.333. The molecule has 0 saturated carbocycles. The first-order chi connectivity index (χ1) is 11.2. The Morgan fingerprint density at radius 2 is 1.52 bits per heavy atom. The van der Waals surface area contributed by atoms with Crippen LogP contribution >= 0.6 is 0 Å². The summed E-state index contributed by atoms with van der Waals surface area (Å²) in [6.07, 6.45) is -0.498. The van der Waals surface area contributed by atoms with Crippen molar-refractivity contribution in [3.05, 3.63) is 53.6 Å². The van der Waals surface area contributed by atoms with Gasteiger partial charge >= 0.3 is 0 Å². The standard InChI is InChI=1S/C18H23NO4/c1-21-16-10-18(23-3)17(22-2)9-14(16)11-19-12-15(20)13-7-5-4-6-8-13/h4-10,15,19-20H,11-12H2,1-3H3/p+1/t15-/m0/s1. The lowest BCUT2D eigenvalue weighted by atomic mass is 10.1. The van der Waals surface area contributed by atoms with E-state index in [2.05, 4.69) is 0 Å². The van der Waals surface area contributed by atoms with Crippen molar-refractivity contribution in [2.24, 2.45) is 0 Å². The van der Waals surface area contributed by atoms with E-state index in [0.717, 1.165) is 16.9 Å². The second kappa shape index (κ2) is 8.41. The van der Waals surface area contributed by atoms with Crippen LogP contribution < -0.4 is 19.5 Å². The van der Waals surface area contributed by atoms with E-state index in [4.69, 9.17) is 14.2 Å². The van der Waals surface area contributed by atoms with Gasteiger partial charge in [0.05, 0.1) is 26.9 Å². The van der Waals surface area contributed by atoms with E-state index < -0.39 is 6.10 Å². The van der Waals surface area contributed by atoms with Crippen LogP contribution in [-0.2, 0) is 6.54 Å². The minimum absolute atomic E-state index is 0.498. The maximum absolute atomic E-state index is 10.2. The molecule has 2 aromatic rings. The van der Waals surface area contributed by atoms with Gasteiger partial charge in [0.25, 0.3) is 0 Å². The summed E-state index contributed by atoms with van der Waals surface area (Å²) < 4.78 is 16.0. The molecule has 2 rings (SSSR count). The van der Waals surface area contributed by atoms with Gasteiger partial charge in [-0.2, -0.15) is 0 Å². The Labute approximate surface area is 136 Å². The van der Waals surface area contributed by atoms with Crippen molar-refractivity contribution < 1.29 is 24.6 Å². The Balaban J connectivity index is 2.02. The Bertz CT molecular complexity index is 616. The van der Waals surface area contributed by atoms with Gasteiger partial charge in [-0.05, 0) is 11.6 Å². The SMILES string of the molecule is COc1cc(OC)c(OC)cc1C[NH2+]C[C@H](O)c1ccccc1. The molecule has 0 bridgehead atoms. The van der Waals surface area contributed by atoms with Gasteiger partial charge in [-0.15, -0.1) is 0 Å². The number of quaternary nitrogens is 1. The smallest absolute Gasteiger partial charge is 0.164 e. The molecule has 0 saturated heterocycles. The number of rotatable bonds is 8. The van der Waals surface area contributed by atoms with Crippen LogP contribution in [-0.4, -0.2) is 33.0 Å². The quantitative estimate of drug-likeness (QED) is 0.774. The van der Waals surface area contributed by atoms with E-state index in [1.807, 2.05) is 47.8 Å². The van der Waals surface area contributed by atoms with Crippen LogP contribution in [0.1, 0.15) is 17.2 Å². The number of nitrogens with two attached hydrogens (primary N) is 1. The van der Waals surface area contributed by atoms with Gasteiger partial charge in [-0.1, -0.05) is 30.3 Å². The number of benzene rings is 2. The van der Waals surface area contributed by atoms with Crippen molar-refractivity contribution in [3.8, 4) is 17.2 Å². The van der Waals surface area contributed by atoms with Gasteiger partial charge in [0, 0.05) is 6.07 Å². The third-order valence-electron chi connectivity index (χ3n) is 3.73. The first-order valence-electron chi connectivity index (χ1n) is 7.53. The summed E-state index contributed by atoms with van der Waals surface area (Å²) in [6.45, 7) is 1.24. The van der Waals surface area contributed by atoms with Crippen LogP contribution in [0.2, 0.25) is 0 Å². The van der Waals surface area contributed by atoms with Crippen molar-refractivity contribution in [1.29, 1.82) is 0 Å². The molecule has 0 radical (unpaired) electrons. The molecule has 0 aromatic heterocycles. The molecule has 0 heterocycles. The van der Waals surface area contributed by atoms with Crippen LogP contribution in [0.15, 0.2) is 42.5 Å². The molecule has 0 amide bonds. The lowest BCUT2D eigenvalue weighted by Gasteiger charge is -2.14. The van der Waals surface area contributed by atoms with E-state index in [1.54, 1.807) is 21.3 Å². The zero-order valence-electron chi connectivity index (χ0n) is 13.8. The third kappa shape index (κ3) is 4.37. The highest BCUT2D eigenvalue weighted by molar-refractivity contribution is 5.50. The highest BCUT2D eigenvalue weighted by atomic mass is 16.5. The molecule has 0 aliphatic carbocycles. The fourth-order valence-electron chi connectivity index (χ4n) is 2.46. The van der Waals surface area contributed by atoms with Crippen molar-refractivity contribution in [2.75, 3.05) is 27.9 Å². The summed E-state index contributed by atoms with van der Waals surface area (Å²) in [6, 6.07) is 13.4. The van der Waals surface area contributed by atoms with Crippen molar-refractivity contribution in [2.45, 2.75) is 12.6 Å². The van der Waals surface area contributed by atoms with Gasteiger partial charge in [0.1, 0.15) is 24.9 Å². The molecule has 1 atom stereocenters. The van der Waals surface area contributed by atoms with Gasteiger partial charge in [-0.3, -0.25) is 0 Å². The first-order valence-corrected chi connectivity index (χ1v) is 7.53. The zero-order valence-corrected chi connectivity index (χ0v) is 13.8. The number of aliphatic hydroxyl groups excluding tert-OH is 1. The average molecular weight is 318 g/mol. The van der Waals surface area contributed by atoms with Crippen LogP contribution in [0, 0.1) is 0 Å². The molecule has 0 aliphatic rings. The minimum Gasteiger partial charge on any atom is -0.496 e. The second-order valence-corrected chi connectivity index (χ2v) is 5.17. The molecular weight excluding hydrogens is 294 g/mol. The first kappa shape index (κ1) is 17.1. The number of hydrogen-bond donors (Lipinski definition) is 2. The van der Waals surface area contributed by atoms with Crippen molar-refractivity contribution in [1.82, 2.24) is 0 Å². The molecule has 3 N–H and O–H groups in total. The van der Waals surface area contributed by atoms with Crippen LogP contribution in [0.3, 0.4) is 0 Å². The van der Waals surface area contributed by atoms with Crippen molar-refractivity contribution >= 4 is 0 Å². The van der Waals surface area contributed by atoms with Crippen LogP contribution in [0.4, 0.5) is 0 Å². The predicted molar refractivity (Wildman–Crippen MR) is 88.0 cm³/mol. The Hall–Kier alpha value is -2.24. The Morgan fingerprint density at radius 3 is 2.13 bits per heavy atom. The minimum atomic E-state index is -0.498. The highest BCUT2D eigenvalue weighted by Crippen LogP contribution is 2.34. The summed E-state index contributed by atoms with van der Waals surface area (Å²) >= 11 is 0. The summed E-state index contributed by atoms with van der Waals surface area (Å²) in [5, 5.41) is 12.2. The van der Waals surface area contributed by atoms with Gasteiger partial charge < -0.3 is 24.6 Å². The molecule has 0 spiro atoms. The van der Waals surface area contributed by atoms with Crippen LogP contribution in [0.5, 0.6) is 17.2 Å². The van der Waals surface area contributed by atoms with E-state index in [9.17, 15) is 5.11 Å². The molecule has 23 heavy (non-hydrogen) atoms. The molecule has 124 valence electrons.